The molecule has 1 atom stereocenters. The monoisotopic (exact) mass is 407 g/mol. The van der Waals surface area contributed by atoms with Gasteiger partial charge in [-0.15, -0.1) is 0 Å². The number of rotatable bonds is 7. The van der Waals surface area contributed by atoms with Gasteiger partial charge in [0.1, 0.15) is 0 Å². The molecule has 25 heavy (non-hydrogen) atoms. The lowest BCUT2D eigenvalue weighted by Gasteiger charge is -2.09. The summed E-state index contributed by atoms with van der Waals surface area (Å²) in [6.45, 7) is -0.0365. The highest BCUT2D eigenvalue weighted by Gasteiger charge is 2.29. The van der Waals surface area contributed by atoms with Crippen molar-refractivity contribution in [2.75, 3.05) is 24.7 Å². The molecule has 2 rings (SSSR count). The number of carbonyl (C=O) groups excluding carboxylic acids is 2. The number of hydrogen-bond donors (Lipinski definition) is 1. The van der Waals surface area contributed by atoms with Crippen LogP contribution in [0.1, 0.15) is 18.4 Å². The van der Waals surface area contributed by atoms with E-state index in [0.29, 0.717) is 29.4 Å². The molecule has 1 aliphatic rings. The van der Waals surface area contributed by atoms with Crippen LogP contribution >= 0.6 is 23.2 Å². The number of hydrogen-bond acceptors (Lipinski definition) is 5. The van der Waals surface area contributed by atoms with Gasteiger partial charge in [0, 0.05) is 23.0 Å². The van der Waals surface area contributed by atoms with E-state index in [1.54, 1.807) is 18.2 Å². The van der Waals surface area contributed by atoms with Crippen molar-refractivity contribution in [2.24, 2.45) is 5.92 Å². The van der Waals surface area contributed by atoms with Gasteiger partial charge < -0.3 is 10.1 Å². The van der Waals surface area contributed by atoms with E-state index in [1.807, 2.05) is 0 Å². The van der Waals surface area contributed by atoms with Gasteiger partial charge in [0.05, 0.1) is 11.5 Å². The van der Waals surface area contributed by atoms with Crippen molar-refractivity contribution < 1.29 is 22.7 Å². The highest BCUT2D eigenvalue weighted by atomic mass is 35.5. The van der Waals surface area contributed by atoms with E-state index in [4.69, 9.17) is 27.9 Å². The first-order valence-corrected chi connectivity index (χ1v) is 10.4. The van der Waals surface area contributed by atoms with Gasteiger partial charge in [-0.2, -0.15) is 0 Å². The molecule has 0 aromatic heterocycles. The standard InChI is InChI=1S/C16H19Cl2NO5S/c17-13-2-1-12(14(18)8-13)3-5-19-15(20)9-24-16(21)7-11-4-6-25(22,23)10-11/h1-2,8,11H,3-7,9-10H2,(H,19,20)/t11-/m1/s1. The fraction of sp³-hybridized carbons (Fsp3) is 0.500. The Bertz CT molecular complexity index is 751. The number of carbonyl (C=O) groups is 2. The van der Waals surface area contributed by atoms with E-state index in [2.05, 4.69) is 5.32 Å². The Morgan fingerprint density at radius 1 is 1.28 bits per heavy atom. The lowest BCUT2D eigenvalue weighted by Crippen LogP contribution is -2.30. The summed E-state index contributed by atoms with van der Waals surface area (Å²) < 4.78 is 27.6. The molecular formula is C16H19Cl2NO5S. The molecule has 1 aliphatic heterocycles. The van der Waals surface area contributed by atoms with Crippen LogP contribution in [0.15, 0.2) is 18.2 Å². The van der Waals surface area contributed by atoms with Crippen LogP contribution in [0.5, 0.6) is 0 Å². The van der Waals surface area contributed by atoms with Gasteiger partial charge in [-0.05, 0) is 36.5 Å². The van der Waals surface area contributed by atoms with Crippen molar-refractivity contribution in [1.29, 1.82) is 0 Å². The molecule has 9 heteroatoms. The number of sulfone groups is 1. The van der Waals surface area contributed by atoms with E-state index in [9.17, 15) is 18.0 Å². The molecule has 0 spiro atoms. The molecule has 0 aliphatic carbocycles. The summed E-state index contributed by atoms with van der Waals surface area (Å²) in [5.41, 5.74) is 0.853. The molecule has 6 nitrogen and oxygen atoms in total. The summed E-state index contributed by atoms with van der Waals surface area (Å²) >= 11 is 11.9. The summed E-state index contributed by atoms with van der Waals surface area (Å²) in [5, 5.41) is 3.70. The van der Waals surface area contributed by atoms with Crippen molar-refractivity contribution in [3.05, 3.63) is 33.8 Å². The Labute approximate surface area is 156 Å². The van der Waals surface area contributed by atoms with Crippen LogP contribution in [-0.2, 0) is 30.6 Å². The molecule has 0 unspecified atom stereocenters. The van der Waals surface area contributed by atoms with Gasteiger partial charge in [-0.25, -0.2) is 8.42 Å². The number of halogens is 2. The van der Waals surface area contributed by atoms with E-state index >= 15 is 0 Å². The molecule has 0 bridgehead atoms. The topological polar surface area (TPSA) is 89.5 Å². The average Bonchev–Trinajstić information content (AvgIpc) is 2.86. The normalized spacial score (nSPS) is 18.7. The minimum absolute atomic E-state index is 0.0101. The molecule has 1 heterocycles. The Balaban J connectivity index is 1.64. The third-order valence-corrected chi connectivity index (χ3v) is 6.30. The zero-order valence-electron chi connectivity index (χ0n) is 13.5. The van der Waals surface area contributed by atoms with Crippen LogP contribution in [0.2, 0.25) is 10.0 Å². The molecule has 0 saturated carbocycles. The largest absolute Gasteiger partial charge is 0.456 e. The first-order chi connectivity index (χ1) is 11.7. The highest BCUT2D eigenvalue weighted by Crippen LogP contribution is 2.22. The average molecular weight is 408 g/mol. The summed E-state index contributed by atoms with van der Waals surface area (Å²) in [5.74, 6) is -1.07. The first kappa shape index (κ1) is 20.0. The van der Waals surface area contributed by atoms with Gasteiger partial charge in [0.25, 0.3) is 5.91 Å². The summed E-state index contributed by atoms with van der Waals surface area (Å²) in [7, 11) is -3.02. The maximum Gasteiger partial charge on any atom is 0.306 e. The van der Waals surface area contributed by atoms with Gasteiger partial charge in [0.2, 0.25) is 0 Å². The van der Waals surface area contributed by atoms with Crippen LogP contribution in [0.4, 0.5) is 0 Å². The third-order valence-electron chi connectivity index (χ3n) is 3.88. The van der Waals surface area contributed by atoms with Crippen molar-refractivity contribution in [2.45, 2.75) is 19.3 Å². The number of nitrogens with one attached hydrogen (secondary N) is 1. The Hall–Kier alpha value is -1.31. The van der Waals surface area contributed by atoms with E-state index in [1.165, 1.54) is 0 Å². The molecule has 138 valence electrons. The number of ether oxygens (including phenoxy) is 1. The van der Waals surface area contributed by atoms with Crippen molar-refractivity contribution >= 4 is 44.9 Å². The van der Waals surface area contributed by atoms with Crippen LogP contribution in [0.25, 0.3) is 0 Å². The van der Waals surface area contributed by atoms with E-state index < -0.39 is 21.7 Å². The number of benzene rings is 1. The van der Waals surface area contributed by atoms with Crippen molar-refractivity contribution in [1.82, 2.24) is 5.32 Å². The lowest BCUT2D eigenvalue weighted by molar-refractivity contribution is -0.149. The quantitative estimate of drug-likeness (QED) is 0.698. The van der Waals surface area contributed by atoms with Crippen LogP contribution in [-0.4, -0.2) is 45.0 Å². The van der Waals surface area contributed by atoms with E-state index in [0.717, 1.165) is 5.56 Å². The van der Waals surface area contributed by atoms with Crippen LogP contribution < -0.4 is 5.32 Å². The van der Waals surface area contributed by atoms with Gasteiger partial charge in [0.15, 0.2) is 16.4 Å². The van der Waals surface area contributed by atoms with Crippen molar-refractivity contribution in [3.63, 3.8) is 0 Å². The Morgan fingerprint density at radius 2 is 2.04 bits per heavy atom. The SMILES string of the molecule is O=C(COC(=O)C[C@H]1CCS(=O)(=O)C1)NCCc1ccc(Cl)cc1Cl. The summed E-state index contributed by atoms with van der Waals surface area (Å²) in [6, 6.07) is 5.13. The maximum atomic E-state index is 11.7. The fourth-order valence-corrected chi connectivity index (χ4v) is 4.95. The molecule has 1 saturated heterocycles. The zero-order chi connectivity index (χ0) is 18.4. The Morgan fingerprint density at radius 3 is 2.68 bits per heavy atom. The van der Waals surface area contributed by atoms with E-state index in [-0.39, 0.29) is 30.5 Å². The minimum Gasteiger partial charge on any atom is -0.456 e. The predicted octanol–water partition coefficient (Wildman–Crippen LogP) is 2.02. The second kappa shape index (κ2) is 8.87. The molecule has 1 N–H and O–H groups in total. The minimum atomic E-state index is -3.02. The highest BCUT2D eigenvalue weighted by molar-refractivity contribution is 7.91. The molecular weight excluding hydrogens is 389 g/mol. The fourth-order valence-electron chi connectivity index (χ4n) is 2.59. The van der Waals surface area contributed by atoms with Gasteiger partial charge in [-0.1, -0.05) is 29.3 Å². The van der Waals surface area contributed by atoms with Crippen LogP contribution in [0.3, 0.4) is 0 Å². The lowest BCUT2D eigenvalue weighted by atomic mass is 10.1. The molecule has 1 fully saturated rings. The second-order valence-electron chi connectivity index (χ2n) is 5.97. The number of esters is 1. The summed E-state index contributed by atoms with van der Waals surface area (Å²) in [4.78, 5) is 23.3. The van der Waals surface area contributed by atoms with Gasteiger partial charge >= 0.3 is 5.97 Å². The van der Waals surface area contributed by atoms with Crippen LogP contribution in [0, 0.1) is 5.92 Å². The molecule has 0 radical (unpaired) electrons. The number of amides is 1. The molecule has 1 amide bonds. The molecule has 1 aromatic rings. The smallest absolute Gasteiger partial charge is 0.306 e. The maximum absolute atomic E-state index is 11.7. The predicted molar refractivity (Wildman–Crippen MR) is 95.5 cm³/mol. The molecule has 1 aromatic carbocycles. The third kappa shape index (κ3) is 6.84. The zero-order valence-corrected chi connectivity index (χ0v) is 15.8. The first-order valence-electron chi connectivity index (χ1n) is 7.82. The van der Waals surface area contributed by atoms with Gasteiger partial charge in [-0.3, -0.25) is 9.59 Å². The summed E-state index contributed by atoms with van der Waals surface area (Å²) in [6.07, 6.45) is 1.01. The second-order valence-corrected chi connectivity index (χ2v) is 9.04. The van der Waals surface area contributed by atoms with Crippen molar-refractivity contribution in [3.8, 4) is 0 Å². The Kier molecular flexibility index (Phi) is 7.10.